The number of carbonyl (C=O) groups is 1. The van der Waals surface area contributed by atoms with Crippen molar-refractivity contribution in [2.75, 3.05) is 0 Å². The molecule has 18 heavy (non-hydrogen) atoms. The Labute approximate surface area is 106 Å². The third-order valence-corrected chi connectivity index (χ3v) is 2.74. The number of aromatic carboxylic acids is 1. The summed E-state index contributed by atoms with van der Waals surface area (Å²) in [6.07, 6.45) is 2.53. The first-order valence-electron chi connectivity index (χ1n) is 5.99. The van der Waals surface area contributed by atoms with Crippen LogP contribution in [0.25, 0.3) is 11.3 Å². The maximum atomic E-state index is 11.2. The van der Waals surface area contributed by atoms with Crippen molar-refractivity contribution in [2.24, 2.45) is 0 Å². The SMILES string of the molecule is CCCn1cc(C(=O)O)c(-c2cccc(C)c2)n1. The van der Waals surface area contributed by atoms with E-state index < -0.39 is 5.97 Å². The maximum absolute atomic E-state index is 11.2. The van der Waals surface area contributed by atoms with E-state index in [0.29, 0.717) is 5.69 Å². The van der Waals surface area contributed by atoms with Crippen LogP contribution in [-0.4, -0.2) is 20.9 Å². The number of hydrogen-bond acceptors (Lipinski definition) is 2. The minimum atomic E-state index is -0.936. The van der Waals surface area contributed by atoms with Crippen molar-refractivity contribution in [3.63, 3.8) is 0 Å². The Morgan fingerprint density at radius 2 is 2.22 bits per heavy atom. The monoisotopic (exact) mass is 244 g/mol. The second-order valence-electron chi connectivity index (χ2n) is 4.33. The van der Waals surface area contributed by atoms with E-state index in [2.05, 4.69) is 5.10 Å². The van der Waals surface area contributed by atoms with Crippen molar-refractivity contribution >= 4 is 5.97 Å². The van der Waals surface area contributed by atoms with Gasteiger partial charge in [-0.15, -0.1) is 0 Å². The van der Waals surface area contributed by atoms with E-state index in [9.17, 15) is 9.90 Å². The minimum absolute atomic E-state index is 0.258. The summed E-state index contributed by atoms with van der Waals surface area (Å²) < 4.78 is 1.70. The van der Waals surface area contributed by atoms with E-state index in [-0.39, 0.29) is 5.56 Å². The highest BCUT2D eigenvalue weighted by atomic mass is 16.4. The molecule has 4 nitrogen and oxygen atoms in total. The zero-order valence-corrected chi connectivity index (χ0v) is 10.6. The van der Waals surface area contributed by atoms with Gasteiger partial charge in [-0.3, -0.25) is 4.68 Å². The molecule has 0 unspecified atom stereocenters. The summed E-state index contributed by atoms with van der Waals surface area (Å²) in [7, 11) is 0. The van der Waals surface area contributed by atoms with Crippen LogP contribution in [0.4, 0.5) is 0 Å². The lowest BCUT2D eigenvalue weighted by molar-refractivity contribution is 0.0697. The Kier molecular flexibility index (Phi) is 3.46. The first-order valence-corrected chi connectivity index (χ1v) is 5.99. The van der Waals surface area contributed by atoms with Gasteiger partial charge in [0.25, 0.3) is 0 Å². The van der Waals surface area contributed by atoms with Crippen LogP contribution < -0.4 is 0 Å². The van der Waals surface area contributed by atoms with E-state index in [1.807, 2.05) is 38.1 Å². The first-order chi connectivity index (χ1) is 8.61. The molecule has 0 saturated carbocycles. The molecule has 0 amide bonds. The lowest BCUT2D eigenvalue weighted by atomic mass is 10.1. The smallest absolute Gasteiger partial charge is 0.339 e. The van der Waals surface area contributed by atoms with Gasteiger partial charge in [-0.25, -0.2) is 4.79 Å². The summed E-state index contributed by atoms with van der Waals surface area (Å²) in [5.41, 5.74) is 2.74. The molecule has 1 heterocycles. The number of aryl methyl sites for hydroxylation is 2. The topological polar surface area (TPSA) is 55.1 Å². The Bertz CT molecular complexity index is 573. The molecule has 0 aliphatic rings. The van der Waals surface area contributed by atoms with Gasteiger partial charge in [-0.2, -0.15) is 5.10 Å². The van der Waals surface area contributed by atoms with Crippen LogP contribution in [0.3, 0.4) is 0 Å². The fraction of sp³-hybridized carbons (Fsp3) is 0.286. The van der Waals surface area contributed by atoms with E-state index in [1.54, 1.807) is 10.9 Å². The minimum Gasteiger partial charge on any atom is -0.478 e. The van der Waals surface area contributed by atoms with Crippen LogP contribution in [0, 0.1) is 6.92 Å². The Balaban J connectivity index is 2.51. The molecule has 1 aromatic carbocycles. The van der Waals surface area contributed by atoms with Gasteiger partial charge in [0, 0.05) is 18.3 Å². The molecule has 0 bridgehead atoms. The van der Waals surface area contributed by atoms with Crippen LogP contribution in [0.15, 0.2) is 30.5 Å². The summed E-state index contributed by atoms with van der Waals surface area (Å²) >= 11 is 0. The summed E-state index contributed by atoms with van der Waals surface area (Å²) in [6, 6.07) is 7.73. The molecule has 0 aliphatic heterocycles. The van der Waals surface area contributed by atoms with Gasteiger partial charge >= 0.3 is 5.97 Å². The van der Waals surface area contributed by atoms with Crippen molar-refractivity contribution in [3.05, 3.63) is 41.6 Å². The third-order valence-electron chi connectivity index (χ3n) is 2.74. The van der Waals surface area contributed by atoms with Crippen molar-refractivity contribution in [3.8, 4) is 11.3 Å². The van der Waals surface area contributed by atoms with Crippen LogP contribution in [0.2, 0.25) is 0 Å². The second kappa shape index (κ2) is 5.04. The van der Waals surface area contributed by atoms with Crippen LogP contribution in [0.1, 0.15) is 29.3 Å². The van der Waals surface area contributed by atoms with E-state index in [4.69, 9.17) is 0 Å². The first kappa shape index (κ1) is 12.4. The number of nitrogens with zero attached hydrogens (tertiary/aromatic N) is 2. The molecular formula is C14H16N2O2. The van der Waals surface area contributed by atoms with Gasteiger partial charge in [-0.05, 0) is 19.4 Å². The fourth-order valence-corrected chi connectivity index (χ4v) is 1.93. The maximum Gasteiger partial charge on any atom is 0.339 e. The highest BCUT2D eigenvalue weighted by Crippen LogP contribution is 2.23. The predicted octanol–water partition coefficient (Wildman–Crippen LogP) is 2.97. The molecule has 0 atom stereocenters. The highest BCUT2D eigenvalue weighted by Gasteiger charge is 2.16. The lowest BCUT2D eigenvalue weighted by Gasteiger charge is -2.00. The average Bonchev–Trinajstić information content (AvgIpc) is 2.74. The Morgan fingerprint density at radius 3 is 2.83 bits per heavy atom. The molecule has 0 aliphatic carbocycles. The van der Waals surface area contributed by atoms with Crippen LogP contribution in [-0.2, 0) is 6.54 Å². The second-order valence-corrected chi connectivity index (χ2v) is 4.33. The molecule has 94 valence electrons. The van der Waals surface area contributed by atoms with Crippen molar-refractivity contribution in [1.82, 2.24) is 9.78 Å². The molecule has 2 rings (SSSR count). The van der Waals surface area contributed by atoms with E-state index >= 15 is 0 Å². The van der Waals surface area contributed by atoms with Crippen molar-refractivity contribution < 1.29 is 9.90 Å². The molecular weight excluding hydrogens is 228 g/mol. The number of hydrogen-bond donors (Lipinski definition) is 1. The zero-order chi connectivity index (χ0) is 13.1. The molecule has 4 heteroatoms. The lowest BCUT2D eigenvalue weighted by Crippen LogP contribution is -1.97. The third kappa shape index (κ3) is 2.42. The normalized spacial score (nSPS) is 10.6. The molecule has 0 fully saturated rings. The Morgan fingerprint density at radius 1 is 1.44 bits per heavy atom. The predicted molar refractivity (Wildman–Crippen MR) is 69.7 cm³/mol. The highest BCUT2D eigenvalue weighted by molar-refractivity contribution is 5.94. The number of aromatic nitrogens is 2. The van der Waals surface area contributed by atoms with Gasteiger partial charge in [0.1, 0.15) is 11.3 Å². The summed E-state index contributed by atoms with van der Waals surface area (Å²) in [6.45, 7) is 4.74. The molecule has 2 aromatic rings. The van der Waals surface area contributed by atoms with Gasteiger partial charge in [-0.1, -0.05) is 30.7 Å². The molecule has 1 aromatic heterocycles. The average molecular weight is 244 g/mol. The quantitative estimate of drug-likeness (QED) is 0.899. The molecule has 0 radical (unpaired) electrons. The van der Waals surface area contributed by atoms with Gasteiger partial charge in [0.15, 0.2) is 0 Å². The number of benzene rings is 1. The molecule has 1 N–H and O–H groups in total. The fourth-order valence-electron chi connectivity index (χ4n) is 1.93. The summed E-state index contributed by atoms with van der Waals surface area (Å²) in [5.74, 6) is -0.936. The molecule has 0 spiro atoms. The van der Waals surface area contributed by atoms with Gasteiger partial charge in [0.2, 0.25) is 0 Å². The van der Waals surface area contributed by atoms with Gasteiger partial charge < -0.3 is 5.11 Å². The van der Waals surface area contributed by atoms with Crippen molar-refractivity contribution in [1.29, 1.82) is 0 Å². The van der Waals surface area contributed by atoms with E-state index in [0.717, 1.165) is 24.1 Å². The Hall–Kier alpha value is -2.10. The summed E-state index contributed by atoms with van der Waals surface area (Å²) in [4.78, 5) is 11.2. The number of rotatable bonds is 4. The summed E-state index contributed by atoms with van der Waals surface area (Å²) in [5, 5.41) is 13.6. The molecule has 0 saturated heterocycles. The van der Waals surface area contributed by atoms with Crippen LogP contribution >= 0.6 is 0 Å². The van der Waals surface area contributed by atoms with Gasteiger partial charge in [0.05, 0.1) is 0 Å². The standard InChI is InChI=1S/C14H16N2O2/c1-3-7-16-9-12(14(17)18)13(15-16)11-6-4-5-10(2)8-11/h4-6,8-9H,3,7H2,1-2H3,(H,17,18). The van der Waals surface area contributed by atoms with Crippen LogP contribution in [0.5, 0.6) is 0 Å². The zero-order valence-electron chi connectivity index (χ0n) is 10.6. The number of carboxylic acids is 1. The largest absolute Gasteiger partial charge is 0.478 e. The van der Waals surface area contributed by atoms with E-state index in [1.165, 1.54) is 0 Å². The van der Waals surface area contributed by atoms with Crippen molar-refractivity contribution in [2.45, 2.75) is 26.8 Å². The number of carboxylic acid groups (broad SMARTS) is 1.